The summed E-state index contributed by atoms with van der Waals surface area (Å²) in [6, 6.07) is 4.29. The Morgan fingerprint density at radius 2 is 1.77 bits per heavy atom. The van der Waals surface area contributed by atoms with Gasteiger partial charge in [-0.1, -0.05) is 13.3 Å². The summed E-state index contributed by atoms with van der Waals surface area (Å²) < 4.78 is 25.7. The molecule has 1 rings (SSSR count). The lowest BCUT2D eigenvalue weighted by Crippen LogP contribution is -2.51. The maximum atomic E-state index is 12.0. The number of rotatable bonds is 11. The average molecular weight is 479 g/mol. The Balaban J connectivity index is 0.00000900. The predicted molar refractivity (Wildman–Crippen MR) is 117 cm³/mol. The van der Waals surface area contributed by atoms with Crippen molar-refractivity contribution >= 4 is 51.8 Å². The van der Waals surface area contributed by atoms with Crippen molar-refractivity contribution in [3.63, 3.8) is 0 Å². The highest BCUT2D eigenvalue weighted by Gasteiger charge is 2.24. The Morgan fingerprint density at radius 3 is 2.29 bits per heavy atom. The Bertz CT molecular complexity index is 887. The fourth-order valence-corrected chi connectivity index (χ4v) is 3.56. The first kappa shape index (κ1) is 28.3. The molecular weight excluding hydrogens is 452 g/mol. The first-order valence-corrected chi connectivity index (χ1v) is 10.7. The molecule has 0 spiro atoms. The second kappa shape index (κ2) is 13.5. The normalized spacial score (nSPS) is 11.5. The van der Waals surface area contributed by atoms with Gasteiger partial charge in [-0.25, -0.2) is 18.1 Å². The summed E-state index contributed by atoms with van der Waals surface area (Å²) in [5, 5.41) is 13.5. The lowest BCUT2D eigenvalue weighted by Gasteiger charge is -2.16. The van der Waals surface area contributed by atoms with E-state index in [2.05, 4.69) is 20.3 Å². The summed E-state index contributed by atoms with van der Waals surface area (Å²) in [5.74, 6) is -2.78. The second-order valence-electron chi connectivity index (χ2n) is 6.20. The van der Waals surface area contributed by atoms with Gasteiger partial charge in [-0.3, -0.25) is 19.7 Å². The third kappa shape index (κ3) is 10.7. The first-order valence-electron chi connectivity index (χ1n) is 9.00. The smallest absolute Gasteiger partial charge is 0.257 e. The zero-order valence-electron chi connectivity index (χ0n) is 16.8. The highest BCUT2D eigenvalue weighted by Crippen LogP contribution is 2.12. The molecule has 174 valence electrons. The van der Waals surface area contributed by atoms with Crippen molar-refractivity contribution in [1.29, 1.82) is 0 Å². The van der Waals surface area contributed by atoms with E-state index >= 15 is 0 Å². The average Bonchev–Trinajstić information content (AvgIpc) is 2.68. The Hall–Kier alpha value is -2.74. The van der Waals surface area contributed by atoms with Crippen LogP contribution in [0.15, 0.2) is 29.3 Å². The number of nitrogens with one attached hydrogen (secondary N) is 3. The van der Waals surface area contributed by atoms with Crippen molar-refractivity contribution in [2.45, 2.75) is 25.8 Å². The fraction of sp³-hybridized carbons (Fsp3) is 0.412. The fourth-order valence-electron chi connectivity index (χ4n) is 2.15. The van der Waals surface area contributed by atoms with E-state index in [4.69, 9.17) is 11.5 Å². The number of sulfonamides is 1. The van der Waals surface area contributed by atoms with Gasteiger partial charge in [0.2, 0.25) is 21.8 Å². The van der Waals surface area contributed by atoms with Gasteiger partial charge in [0.25, 0.3) is 5.91 Å². The van der Waals surface area contributed by atoms with Crippen molar-refractivity contribution in [3.05, 3.63) is 29.8 Å². The van der Waals surface area contributed by atoms with Crippen molar-refractivity contribution < 1.29 is 27.9 Å². The maximum Gasteiger partial charge on any atom is 0.257 e. The van der Waals surface area contributed by atoms with Crippen LogP contribution in [-0.4, -0.2) is 62.2 Å². The molecule has 0 saturated heterocycles. The minimum Gasteiger partial charge on any atom is -0.394 e. The van der Waals surface area contributed by atoms with Crippen LogP contribution < -0.4 is 26.8 Å². The number of carbonyl (C=O) groups excluding carboxylic acids is 3. The summed E-state index contributed by atoms with van der Waals surface area (Å²) in [6.07, 6.45) is 1.04. The Labute approximate surface area is 186 Å². The molecule has 12 nitrogen and oxygen atoms in total. The van der Waals surface area contributed by atoms with E-state index in [0.29, 0.717) is 18.5 Å². The SMILES string of the molecule is CCCCS(=O)(=O)N[C@@H](CO)C(=O)NCC(=O)NC(=O)c1ccc(N=C(N)N)cc1.Cl. The van der Waals surface area contributed by atoms with Crippen molar-refractivity contribution in [2.24, 2.45) is 16.5 Å². The molecule has 0 fully saturated rings. The number of nitrogens with two attached hydrogens (primary N) is 2. The van der Waals surface area contributed by atoms with Gasteiger partial charge in [0.15, 0.2) is 5.96 Å². The van der Waals surface area contributed by atoms with Gasteiger partial charge < -0.3 is 21.9 Å². The van der Waals surface area contributed by atoms with E-state index in [1.807, 2.05) is 6.92 Å². The van der Waals surface area contributed by atoms with E-state index in [1.165, 1.54) is 24.3 Å². The maximum absolute atomic E-state index is 12.0. The third-order valence-electron chi connectivity index (χ3n) is 3.65. The quantitative estimate of drug-likeness (QED) is 0.162. The number of amides is 3. The molecule has 0 heterocycles. The molecule has 0 unspecified atom stereocenters. The standard InChI is InChI=1S/C17H26N6O6S.ClH/c1-2-3-8-30(28,29)23-13(10-24)16(27)20-9-14(25)22-15(26)11-4-6-12(7-5-11)21-17(18)19;/h4-7,13,23-24H,2-3,8-10H2,1H3,(H,20,27)(H4,18,19,21)(H,22,25,26);1H/t13-;/m0./s1. The number of benzene rings is 1. The molecular formula is C17H27ClN6O6S. The van der Waals surface area contributed by atoms with Crippen LogP contribution in [0.5, 0.6) is 0 Å². The summed E-state index contributed by atoms with van der Waals surface area (Å²) in [5.41, 5.74) is 11.1. The minimum absolute atomic E-state index is 0. The van der Waals surface area contributed by atoms with Gasteiger partial charge in [0, 0.05) is 5.56 Å². The summed E-state index contributed by atoms with van der Waals surface area (Å²) in [7, 11) is -3.76. The van der Waals surface area contributed by atoms with Gasteiger partial charge in [-0.15, -0.1) is 12.4 Å². The van der Waals surface area contributed by atoms with Crippen LogP contribution in [0, 0.1) is 0 Å². The van der Waals surface area contributed by atoms with Crippen molar-refractivity contribution in [2.75, 3.05) is 18.9 Å². The highest BCUT2D eigenvalue weighted by atomic mass is 35.5. The summed E-state index contributed by atoms with van der Waals surface area (Å²) in [4.78, 5) is 39.7. The van der Waals surface area contributed by atoms with Crippen LogP contribution in [0.1, 0.15) is 30.1 Å². The number of halogens is 1. The largest absolute Gasteiger partial charge is 0.394 e. The molecule has 14 heteroatoms. The molecule has 0 aliphatic carbocycles. The van der Waals surface area contributed by atoms with Crippen molar-refractivity contribution in [1.82, 2.24) is 15.4 Å². The zero-order chi connectivity index (χ0) is 22.7. The predicted octanol–water partition coefficient (Wildman–Crippen LogP) is -1.53. The third-order valence-corrected chi connectivity index (χ3v) is 5.12. The minimum atomic E-state index is -3.76. The van der Waals surface area contributed by atoms with Crippen LogP contribution in [0.4, 0.5) is 5.69 Å². The monoisotopic (exact) mass is 478 g/mol. The lowest BCUT2D eigenvalue weighted by atomic mass is 10.2. The first-order chi connectivity index (χ1) is 14.1. The molecule has 0 saturated carbocycles. The summed E-state index contributed by atoms with van der Waals surface area (Å²) >= 11 is 0. The number of nitrogens with zero attached hydrogens (tertiary/aromatic N) is 1. The van der Waals surface area contributed by atoms with Gasteiger partial charge in [-0.05, 0) is 30.7 Å². The molecule has 3 amide bonds. The molecule has 1 atom stereocenters. The van der Waals surface area contributed by atoms with E-state index in [9.17, 15) is 27.9 Å². The van der Waals surface area contributed by atoms with Gasteiger partial charge in [-0.2, -0.15) is 0 Å². The molecule has 1 aromatic carbocycles. The number of unbranched alkanes of at least 4 members (excludes halogenated alkanes) is 1. The molecule has 0 aromatic heterocycles. The number of aliphatic hydroxyl groups is 1. The topological polar surface area (TPSA) is 206 Å². The van der Waals surface area contributed by atoms with Crippen LogP contribution in [-0.2, 0) is 19.6 Å². The molecule has 1 aromatic rings. The van der Waals surface area contributed by atoms with Crippen LogP contribution >= 0.6 is 12.4 Å². The van der Waals surface area contributed by atoms with Crippen LogP contribution in [0.3, 0.4) is 0 Å². The second-order valence-corrected chi connectivity index (χ2v) is 8.08. The molecule has 0 radical (unpaired) electrons. The van der Waals surface area contributed by atoms with Gasteiger partial charge in [0.1, 0.15) is 6.04 Å². The van der Waals surface area contributed by atoms with E-state index in [0.717, 1.165) is 0 Å². The number of guanidine groups is 1. The van der Waals surface area contributed by atoms with E-state index in [1.54, 1.807) is 0 Å². The zero-order valence-corrected chi connectivity index (χ0v) is 18.5. The molecule has 8 N–H and O–H groups in total. The number of carbonyl (C=O) groups is 3. The van der Waals surface area contributed by atoms with Crippen molar-refractivity contribution in [3.8, 4) is 0 Å². The Morgan fingerprint density at radius 1 is 1.16 bits per heavy atom. The van der Waals surface area contributed by atoms with Crippen LogP contribution in [0.2, 0.25) is 0 Å². The number of aliphatic hydroxyl groups excluding tert-OH is 1. The highest BCUT2D eigenvalue weighted by molar-refractivity contribution is 7.89. The van der Waals surface area contributed by atoms with Crippen LogP contribution in [0.25, 0.3) is 0 Å². The number of aliphatic imine (C=N–C) groups is 1. The van der Waals surface area contributed by atoms with E-state index < -0.39 is 46.9 Å². The molecule has 0 aliphatic rings. The lowest BCUT2D eigenvalue weighted by molar-refractivity contribution is -0.127. The Kier molecular flexibility index (Phi) is 12.3. The molecule has 0 bridgehead atoms. The molecule has 0 aliphatic heterocycles. The summed E-state index contributed by atoms with van der Waals surface area (Å²) in [6.45, 7) is 0.424. The number of imide groups is 1. The number of hydrogen-bond donors (Lipinski definition) is 6. The van der Waals surface area contributed by atoms with Gasteiger partial charge >= 0.3 is 0 Å². The van der Waals surface area contributed by atoms with Gasteiger partial charge in [0.05, 0.1) is 24.6 Å². The van der Waals surface area contributed by atoms with E-state index in [-0.39, 0.29) is 29.7 Å². The molecule has 31 heavy (non-hydrogen) atoms. The number of hydrogen-bond acceptors (Lipinski definition) is 7.